The van der Waals surface area contributed by atoms with Crippen molar-refractivity contribution in [2.24, 2.45) is 0 Å². The van der Waals surface area contributed by atoms with Gasteiger partial charge in [0.05, 0.1) is 4.92 Å². The van der Waals surface area contributed by atoms with Crippen molar-refractivity contribution in [2.75, 3.05) is 11.9 Å². The number of nitro groups is 1. The summed E-state index contributed by atoms with van der Waals surface area (Å²) < 4.78 is 1.48. The minimum absolute atomic E-state index is 0.106. The highest BCUT2D eigenvalue weighted by Gasteiger charge is 2.32. The zero-order valence-corrected chi connectivity index (χ0v) is 11.6. The van der Waals surface area contributed by atoms with Gasteiger partial charge in [0.2, 0.25) is 5.82 Å². The van der Waals surface area contributed by atoms with E-state index in [1.807, 2.05) is 13.8 Å². The fourth-order valence-electron chi connectivity index (χ4n) is 1.78. The molecule has 0 saturated carbocycles. The van der Waals surface area contributed by atoms with Gasteiger partial charge < -0.3 is 10.0 Å². The van der Waals surface area contributed by atoms with Gasteiger partial charge in [-0.15, -0.1) is 0 Å². The largest absolute Gasteiger partial charge is 0.480 e. The minimum atomic E-state index is -1.05. The number of aromatic nitrogens is 2. The van der Waals surface area contributed by atoms with Crippen LogP contribution in [0, 0.1) is 17.0 Å². The van der Waals surface area contributed by atoms with Crippen LogP contribution in [0.1, 0.15) is 32.5 Å². The third kappa shape index (κ3) is 2.67. The van der Waals surface area contributed by atoms with E-state index < -0.39 is 16.9 Å². The molecule has 0 aromatic carbocycles. The molecule has 19 heavy (non-hydrogen) atoms. The Morgan fingerprint density at radius 1 is 1.47 bits per heavy atom. The maximum atomic E-state index is 11.2. The van der Waals surface area contributed by atoms with Gasteiger partial charge in [0.1, 0.15) is 11.7 Å². The van der Waals surface area contributed by atoms with Gasteiger partial charge >= 0.3 is 11.7 Å². The molecule has 106 valence electrons. The van der Waals surface area contributed by atoms with Gasteiger partial charge in [-0.1, -0.05) is 0 Å². The van der Waals surface area contributed by atoms with Gasteiger partial charge in [-0.05, 0) is 27.7 Å². The highest BCUT2D eigenvalue weighted by atomic mass is 16.6. The first-order valence-corrected chi connectivity index (χ1v) is 5.87. The lowest BCUT2D eigenvalue weighted by Gasteiger charge is -2.24. The summed E-state index contributed by atoms with van der Waals surface area (Å²) in [5.41, 5.74) is 0.127. The van der Waals surface area contributed by atoms with Crippen molar-refractivity contribution in [3.63, 3.8) is 0 Å². The predicted molar refractivity (Wildman–Crippen MR) is 69.5 cm³/mol. The third-order valence-corrected chi connectivity index (χ3v) is 2.97. The summed E-state index contributed by atoms with van der Waals surface area (Å²) >= 11 is 0. The van der Waals surface area contributed by atoms with Crippen LogP contribution < -0.4 is 4.90 Å². The molecule has 8 nitrogen and oxygen atoms in total. The summed E-state index contributed by atoms with van der Waals surface area (Å²) in [6.45, 7) is 6.68. The molecule has 0 aliphatic carbocycles. The molecule has 1 N–H and O–H groups in total. The first kappa shape index (κ1) is 14.9. The van der Waals surface area contributed by atoms with E-state index in [1.54, 1.807) is 6.92 Å². The zero-order valence-electron chi connectivity index (χ0n) is 11.6. The molecule has 8 heteroatoms. The van der Waals surface area contributed by atoms with Crippen molar-refractivity contribution >= 4 is 17.5 Å². The molecular formula is C11H18N4O4. The maximum absolute atomic E-state index is 11.2. The number of aliphatic carboxylic acids is 1. The second-order valence-electron chi connectivity index (χ2n) is 4.68. The fourth-order valence-corrected chi connectivity index (χ4v) is 1.78. The second kappa shape index (κ2) is 5.25. The van der Waals surface area contributed by atoms with E-state index in [2.05, 4.69) is 5.10 Å². The smallest absolute Gasteiger partial charge is 0.333 e. The summed E-state index contributed by atoms with van der Waals surface area (Å²) in [5, 5.41) is 24.3. The van der Waals surface area contributed by atoms with Crippen molar-refractivity contribution in [3.05, 3.63) is 15.8 Å². The Labute approximate surface area is 110 Å². The molecule has 1 atom stereocenters. The molecule has 1 heterocycles. The van der Waals surface area contributed by atoms with Crippen molar-refractivity contribution in [1.82, 2.24) is 9.78 Å². The number of hydrogen-bond donors (Lipinski definition) is 1. The van der Waals surface area contributed by atoms with Crippen molar-refractivity contribution in [1.29, 1.82) is 0 Å². The third-order valence-electron chi connectivity index (χ3n) is 2.97. The van der Waals surface area contributed by atoms with Crippen LogP contribution in [0.5, 0.6) is 0 Å². The van der Waals surface area contributed by atoms with E-state index >= 15 is 0 Å². The second-order valence-corrected chi connectivity index (χ2v) is 4.68. The standard InChI is InChI=1S/C11H18N4O4/c1-6(2)14-10(13(5)8(4)11(16)17)9(15(18)19)7(3)12-14/h6,8H,1-5H3,(H,16,17). The Morgan fingerprint density at radius 2 is 2.00 bits per heavy atom. The van der Waals surface area contributed by atoms with E-state index in [0.717, 1.165) is 0 Å². The van der Waals surface area contributed by atoms with Gasteiger partial charge in [0, 0.05) is 13.1 Å². The number of carbonyl (C=O) groups is 1. The Morgan fingerprint density at radius 3 is 2.37 bits per heavy atom. The lowest BCUT2D eigenvalue weighted by molar-refractivity contribution is -0.384. The first-order chi connectivity index (χ1) is 8.68. The number of likely N-dealkylation sites (N-methyl/N-ethyl adjacent to an activating group) is 1. The molecule has 0 spiro atoms. The van der Waals surface area contributed by atoms with E-state index in [4.69, 9.17) is 5.11 Å². The Hall–Kier alpha value is -2.12. The number of hydrogen-bond acceptors (Lipinski definition) is 5. The van der Waals surface area contributed by atoms with E-state index in [9.17, 15) is 14.9 Å². The number of rotatable bonds is 5. The Balaban J connectivity index is 3.45. The molecule has 0 amide bonds. The normalized spacial score (nSPS) is 12.5. The summed E-state index contributed by atoms with van der Waals surface area (Å²) in [6, 6.07) is -0.988. The van der Waals surface area contributed by atoms with Crippen molar-refractivity contribution in [2.45, 2.75) is 39.8 Å². The molecule has 1 aromatic rings. The number of nitrogens with zero attached hydrogens (tertiary/aromatic N) is 4. The number of anilines is 1. The average molecular weight is 270 g/mol. The lowest BCUT2D eigenvalue weighted by atomic mass is 10.2. The molecule has 1 unspecified atom stereocenters. The lowest BCUT2D eigenvalue weighted by Crippen LogP contribution is -2.37. The summed E-state index contributed by atoms with van der Waals surface area (Å²) in [4.78, 5) is 23.0. The van der Waals surface area contributed by atoms with Crippen LogP contribution in [-0.4, -0.2) is 38.9 Å². The monoisotopic (exact) mass is 270 g/mol. The number of carboxylic acids is 1. The highest BCUT2D eigenvalue weighted by Crippen LogP contribution is 2.34. The molecule has 1 aromatic heterocycles. The van der Waals surface area contributed by atoms with Crippen LogP contribution in [0.4, 0.5) is 11.5 Å². The van der Waals surface area contributed by atoms with Crippen LogP contribution in [-0.2, 0) is 4.79 Å². The van der Waals surface area contributed by atoms with Gasteiger partial charge in [0.15, 0.2) is 0 Å². The first-order valence-electron chi connectivity index (χ1n) is 5.87. The van der Waals surface area contributed by atoms with Crippen LogP contribution in [0.25, 0.3) is 0 Å². The average Bonchev–Trinajstić information content (AvgIpc) is 2.64. The molecule has 1 rings (SSSR count). The minimum Gasteiger partial charge on any atom is -0.480 e. The Kier molecular flexibility index (Phi) is 4.13. The summed E-state index contributed by atoms with van der Waals surface area (Å²) in [6.07, 6.45) is 0. The van der Waals surface area contributed by atoms with Gasteiger partial charge in [-0.2, -0.15) is 5.10 Å². The molecule has 0 aliphatic rings. The van der Waals surface area contributed by atoms with E-state index in [1.165, 1.54) is 23.6 Å². The van der Waals surface area contributed by atoms with Crippen LogP contribution in [0.2, 0.25) is 0 Å². The van der Waals surface area contributed by atoms with Gasteiger partial charge in [0.25, 0.3) is 0 Å². The highest BCUT2D eigenvalue weighted by molar-refractivity contribution is 5.78. The van der Waals surface area contributed by atoms with Crippen LogP contribution in [0.15, 0.2) is 0 Å². The fraction of sp³-hybridized carbons (Fsp3) is 0.636. The van der Waals surface area contributed by atoms with Crippen molar-refractivity contribution in [3.8, 4) is 0 Å². The topological polar surface area (TPSA) is 102 Å². The molecular weight excluding hydrogens is 252 g/mol. The molecule has 0 aliphatic heterocycles. The Bertz CT molecular complexity index is 509. The number of aryl methyl sites for hydroxylation is 1. The van der Waals surface area contributed by atoms with E-state index in [-0.39, 0.29) is 23.2 Å². The summed E-state index contributed by atoms with van der Waals surface area (Å²) in [5.74, 6) is -0.835. The van der Waals surface area contributed by atoms with E-state index in [0.29, 0.717) is 0 Å². The summed E-state index contributed by atoms with van der Waals surface area (Å²) in [7, 11) is 1.52. The zero-order chi connectivity index (χ0) is 14.9. The van der Waals surface area contributed by atoms with Crippen LogP contribution >= 0.6 is 0 Å². The number of carboxylic acid groups (broad SMARTS) is 1. The molecule has 0 bridgehead atoms. The quantitative estimate of drug-likeness (QED) is 0.644. The van der Waals surface area contributed by atoms with Gasteiger partial charge in [-0.3, -0.25) is 10.1 Å². The molecule has 0 radical (unpaired) electrons. The van der Waals surface area contributed by atoms with Crippen molar-refractivity contribution < 1.29 is 14.8 Å². The van der Waals surface area contributed by atoms with Gasteiger partial charge in [-0.25, -0.2) is 9.48 Å². The molecule has 0 fully saturated rings. The SMILES string of the molecule is Cc1nn(C(C)C)c(N(C)C(C)C(=O)O)c1[N+](=O)[O-]. The maximum Gasteiger partial charge on any atom is 0.333 e. The predicted octanol–water partition coefficient (Wildman–Crippen LogP) is 1.59. The molecule has 0 saturated heterocycles. The van der Waals surface area contributed by atoms with Crippen LogP contribution in [0.3, 0.4) is 0 Å².